The Bertz CT molecular complexity index is 830. The van der Waals surface area contributed by atoms with E-state index in [2.05, 4.69) is 15.9 Å². The Labute approximate surface area is 162 Å². The van der Waals surface area contributed by atoms with E-state index in [-0.39, 0.29) is 5.56 Å². The molecule has 0 aliphatic carbocycles. The number of halogens is 3. The Hall–Kier alpha value is -2.56. The van der Waals surface area contributed by atoms with E-state index in [1.807, 2.05) is 12.1 Å². The highest BCUT2D eigenvalue weighted by Crippen LogP contribution is 2.31. The zero-order valence-electron chi connectivity index (χ0n) is 15.4. The van der Waals surface area contributed by atoms with Crippen LogP contribution in [0.1, 0.15) is 29.2 Å². The number of benzene rings is 2. The molecule has 0 bridgehead atoms. The van der Waals surface area contributed by atoms with Gasteiger partial charge in [-0.05, 0) is 48.4 Å². The van der Waals surface area contributed by atoms with Crippen molar-refractivity contribution in [1.82, 2.24) is 4.90 Å². The van der Waals surface area contributed by atoms with Crippen LogP contribution < -0.4 is 4.90 Å². The van der Waals surface area contributed by atoms with Crippen LogP contribution in [0.25, 0.3) is 0 Å². The molecule has 148 valence electrons. The molecule has 1 aliphatic rings. The number of hydrogen-bond donors (Lipinski definition) is 1. The summed E-state index contributed by atoms with van der Waals surface area (Å²) in [6.07, 6.45) is -4.50. The lowest BCUT2D eigenvalue weighted by Crippen LogP contribution is -2.33. The van der Waals surface area contributed by atoms with Gasteiger partial charge in [0.1, 0.15) is 0 Å². The molecule has 4 nitrogen and oxygen atoms in total. The molecule has 0 unspecified atom stereocenters. The Morgan fingerprint density at radius 3 is 2.46 bits per heavy atom. The first kappa shape index (κ1) is 20.2. The van der Waals surface area contributed by atoms with Gasteiger partial charge in [0.25, 0.3) is 0 Å². The molecule has 0 radical (unpaired) electrons. The summed E-state index contributed by atoms with van der Waals surface area (Å²) in [5, 5.41) is 19.3. The maximum absolute atomic E-state index is 12.9. The number of anilines is 1. The molecule has 3 rings (SSSR count). The number of hydrogen-bond acceptors (Lipinski definition) is 4. The van der Waals surface area contributed by atoms with E-state index in [4.69, 9.17) is 5.26 Å². The lowest BCUT2D eigenvalue weighted by Gasteiger charge is -2.25. The summed E-state index contributed by atoms with van der Waals surface area (Å²) >= 11 is 0. The first-order chi connectivity index (χ1) is 13.4. The minimum Gasteiger partial charge on any atom is -0.387 e. The first-order valence-corrected chi connectivity index (χ1v) is 9.19. The van der Waals surface area contributed by atoms with Gasteiger partial charge in [-0.25, -0.2) is 0 Å². The minimum absolute atomic E-state index is 0.281. The van der Waals surface area contributed by atoms with Crippen molar-refractivity contribution in [3.63, 3.8) is 0 Å². The zero-order chi connectivity index (χ0) is 20.1. The molecule has 0 aromatic heterocycles. The molecule has 0 saturated carbocycles. The van der Waals surface area contributed by atoms with Crippen LogP contribution in [0, 0.1) is 11.3 Å². The number of rotatable bonds is 4. The van der Waals surface area contributed by atoms with Gasteiger partial charge in [-0.2, -0.15) is 18.4 Å². The van der Waals surface area contributed by atoms with Gasteiger partial charge >= 0.3 is 6.18 Å². The van der Waals surface area contributed by atoms with E-state index in [1.54, 1.807) is 12.1 Å². The highest BCUT2D eigenvalue weighted by Gasteiger charge is 2.31. The van der Waals surface area contributed by atoms with Gasteiger partial charge < -0.3 is 10.0 Å². The van der Waals surface area contributed by atoms with Crippen LogP contribution in [0.5, 0.6) is 0 Å². The molecule has 1 N–H and O–H groups in total. The Morgan fingerprint density at radius 1 is 1.04 bits per heavy atom. The molecule has 1 heterocycles. The van der Waals surface area contributed by atoms with E-state index in [9.17, 15) is 18.3 Å². The van der Waals surface area contributed by atoms with Crippen LogP contribution >= 0.6 is 0 Å². The summed E-state index contributed by atoms with van der Waals surface area (Å²) < 4.78 is 38.6. The number of nitrogens with zero attached hydrogens (tertiary/aromatic N) is 3. The van der Waals surface area contributed by atoms with Crippen molar-refractivity contribution in [2.24, 2.45) is 0 Å². The lowest BCUT2D eigenvalue weighted by atomic mass is 10.1. The van der Waals surface area contributed by atoms with Crippen LogP contribution in [0.3, 0.4) is 0 Å². The van der Waals surface area contributed by atoms with Gasteiger partial charge in [-0.15, -0.1) is 0 Å². The van der Waals surface area contributed by atoms with Crippen molar-refractivity contribution in [1.29, 1.82) is 5.26 Å². The van der Waals surface area contributed by atoms with Gasteiger partial charge in [-0.3, -0.25) is 4.90 Å². The van der Waals surface area contributed by atoms with Crippen molar-refractivity contribution < 1.29 is 18.3 Å². The zero-order valence-corrected chi connectivity index (χ0v) is 15.4. The molecule has 7 heteroatoms. The maximum Gasteiger partial charge on any atom is 0.416 e. The van der Waals surface area contributed by atoms with E-state index in [0.29, 0.717) is 18.7 Å². The van der Waals surface area contributed by atoms with Crippen molar-refractivity contribution in [3.05, 3.63) is 65.2 Å². The number of aliphatic hydroxyl groups excluding tert-OH is 1. The van der Waals surface area contributed by atoms with E-state index in [0.717, 1.165) is 43.9 Å². The molecule has 2 aromatic carbocycles. The SMILES string of the molecule is N#Cc1ccc(N2CCCN(C[C@H](O)c3cccc(C(F)(F)F)c3)CC2)cc1. The fourth-order valence-electron chi connectivity index (χ4n) is 3.43. The van der Waals surface area contributed by atoms with Crippen LogP contribution in [-0.2, 0) is 6.18 Å². The van der Waals surface area contributed by atoms with Crippen molar-refractivity contribution >= 4 is 5.69 Å². The summed E-state index contributed by atoms with van der Waals surface area (Å²) in [6.45, 7) is 3.37. The molecule has 1 atom stereocenters. The fourth-order valence-corrected chi connectivity index (χ4v) is 3.43. The second-order valence-corrected chi connectivity index (χ2v) is 6.94. The summed E-state index contributed by atoms with van der Waals surface area (Å²) in [7, 11) is 0. The smallest absolute Gasteiger partial charge is 0.387 e. The van der Waals surface area contributed by atoms with E-state index < -0.39 is 17.8 Å². The topological polar surface area (TPSA) is 50.5 Å². The van der Waals surface area contributed by atoms with Gasteiger partial charge in [0.05, 0.1) is 23.3 Å². The van der Waals surface area contributed by atoms with Crippen molar-refractivity contribution in [2.75, 3.05) is 37.6 Å². The second-order valence-electron chi connectivity index (χ2n) is 6.94. The molecule has 28 heavy (non-hydrogen) atoms. The van der Waals surface area contributed by atoms with Crippen molar-refractivity contribution in [2.45, 2.75) is 18.7 Å². The quantitative estimate of drug-likeness (QED) is 0.864. The molecule has 1 aliphatic heterocycles. The van der Waals surface area contributed by atoms with Crippen LogP contribution in [0.4, 0.5) is 18.9 Å². The van der Waals surface area contributed by atoms with Gasteiger partial charge in [0.15, 0.2) is 0 Å². The minimum atomic E-state index is -4.42. The normalized spacial score (nSPS) is 17.0. The average molecular weight is 389 g/mol. The third kappa shape index (κ3) is 5.03. The molecule has 1 fully saturated rings. The number of β-amino-alcohol motifs (C(OH)–C–C–N with tert-alkyl or cyclic N) is 1. The Balaban J connectivity index is 1.60. The largest absolute Gasteiger partial charge is 0.416 e. The standard InChI is InChI=1S/C21H22F3N3O/c22-21(23,24)18-4-1-3-17(13-18)20(28)15-26-9-2-10-27(12-11-26)19-7-5-16(14-25)6-8-19/h1,3-8,13,20,28H,2,9-12,15H2/t20-/m0/s1. The predicted molar refractivity (Wildman–Crippen MR) is 101 cm³/mol. The van der Waals surface area contributed by atoms with Crippen LogP contribution in [0.15, 0.2) is 48.5 Å². The Morgan fingerprint density at radius 2 is 1.79 bits per heavy atom. The molecular weight excluding hydrogens is 367 g/mol. The summed E-state index contributed by atoms with van der Waals surface area (Å²) in [4.78, 5) is 4.30. The third-order valence-corrected chi connectivity index (χ3v) is 4.98. The molecule has 1 saturated heterocycles. The van der Waals surface area contributed by atoms with Gasteiger partial charge in [0.2, 0.25) is 0 Å². The summed E-state index contributed by atoms with van der Waals surface area (Å²) in [5.74, 6) is 0. The lowest BCUT2D eigenvalue weighted by molar-refractivity contribution is -0.137. The monoisotopic (exact) mass is 389 g/mol. The highest BCUT2D eigenvalue weighted by molar-refractivity contribution is 5.49. The van der Waals surface area contributed by atoms with E-state index >= 15 is 0 Å². The number of aliphatic hydroxyl groups is 1. The van der Waals surface area contributed by atoms with Gasteiger partial charge in [0, 0.05) is 38.4 Å². The first-order valence-electron chi connectivity index (χ1n) is 9.19. The highest BCUT2D eigenvalue weighted by atomic mass is 19.4. The van der Waals surface area contributed by atoms with E-state index in [1.165, 1.54) is 12.1 Å². The van der Waals surface area contributed by atoms with Crippen molar-refractivity contribution in [3.8, 4) is 6.07 Å². The van der Waals surface area contributed by atoms with Crippen LogP contribution in [-0.4, -0.2) is 42.7 Å². The maximum atomic E-state index is 12.9. The Kier molecular flexibility index (Phi) is 6.22. The molecule has 2 aromatic rings. The second kappa shape index (κ2) is 8.63. The summed E-state index contributed by atoms with van der Waals surface area (Å²) in [5.41, 5.74) is 1.19. The molecular formula is C21H22F3N3O. The van der Waals surface area contributed by atoms with Gasteiger partial charge in [-0.1, -0.05) is 12.1 Å². The molecule has 0 amide bonds. The third-order valence-electron chi connectivity index (χ3n) is 4.98. The fraction of sp³-hybridized carbons (Fsp3) is 0.381. The average Bonchev–Trinajstić information content (AvgIpc) is 2.93. The summed E-state index contributed by atoms with van der Waals surface area (Å²) in [6, 6.07) is 14.4. The molecule has 0 spiro atoms. The number of nitriles is 1. The van der Waals surface area contributed by atoms with Crippen LogP contribution in [0.2, 0.25) is 0 Å². The predicted octanol–water partition coefficient (Wildman–Crippen LogP) is 3.82. The number of alkyl halides is 3.